The third kappa shape index (κ3) is 2.96. The number of carbonyl (C=O) groups excluding carboxylic acids is 1. The first kappa shape index (κ1) is 12.5. The van der Waals surface area contributed by atoms with Crippen LogP contribution in [0, 0.1) is 0 Å². The van der Waals surface area contributed by atoms with Crippen molar-refractivity contribution in [3.63, 3.8) is 0 Å². The minimum absolute atomic E-state index is 0.263. The van der Waals surface area contributed by atoms with Crippen molar-refractivity contribution in [2.24, 2.45) is 7.05 Å². The maximum absolute atomic E-state index is 11.7. The number of rotatable bonds is 5. The summed E-state index contributed by atoms with van der Waals surface area (Å²) in [4.78, 5) is 11.7. The van der Waals surface area contributed by atoms with Crippen LogP contribution in [0.15, 0.2) is 6.20 Å². The van der Waals surface area contributed by atoms with Crippen LogP contribution in [0.1, 0.15) is 30.3 Å². The molecule has 0 fully saturated rings. The average Bonchev–Trinajstić information content (AvgIpc) is 2.58. The van der Waals surface area contributed by atoms with Gasteiger partial charge in [-0.1, -0.05) is 6.92 Å². The Labute approximate surface area is 94.4 Å². The van der Waals surface area contributed by atoms with Crippen LogP contribution in [0.3, 0.4) is 0 Å². The molecule has 90 valence electrons. The van der Waals surface area contributed by atoms with Crippen LogP contribution in [-0.4, -0.2) is 33.4 Å². The van der Waals surface area contributed by atoms with Crippen LogP contribution >= 0.6 is 0 Å². The molecule has 0 saturated heterocycles. The van der Waals surface area contributed by atoms with E-state index in [0.717, 1.165) is 0 Å². The van der Waals surface area contributed by atoms with E-state index >= 15 is 0 Å². The van der Waals surface area contributed by atoms with Crippen LogP contribution in [0.2, 0.25) is 0 Å². The highest BCUT2D eigenvalue weighted by Gasteiger charge is 2.14. The van der Waals surface area contributed by atoms with Gasteiger partial charge in [-0.05, 0) is 12.8 Å². The number of aromatic nitrogens is 2. The Kier molecular flexibility index (Phi) is 4.30. The molecule has 1 aromatic heterocycles. The largest absolute Gasteiger partial charge is 0.396 e. The SMILES string of the molecule is CCC(O)CCNC(=O)c1c(N)cnn1C. The number of nitrogens with two attached hydrogens (primary N) is 1. The second-order valence-electron chi connectivity index (χ2n) is 3.68. The smallest absolute Gasteiger partial charge is 0.271 e. The van der Waals surface area contributed by atoms with E-state index in [0.29, 0.717) is 30.8 Å². The first-order chi connectivity index (χ1) is 7.56. The van der Waals surface area contributed by atoms with Crippen LogP contribution in [0.5, 0.6) is 0 Å². The number of carbonyl (C=O) groups is 1. The molecule has 1 unspecified atom stereocenters. The van der Waals surface area contributed by atoms with Gasteiger partial charge in [-0.2, -0.15) is 5.10 Å². The van der Waals surface area contributed by atoms with E-state index in [2.05, 4.69) is 10.4 Å². The molecule has 16 heavy (non-hydrogen) atoms. The molecule has 0 aliphatic heterocycles. The fraction of sp³-hybridized carbons (Fsp3) is 0.600. The van der Waals surface area contributed by atoms with Crippen molar-refractivity contribution in [1.29, 1.82) is 0 Å². The van der Waals surface area contributed by atoms with E-state index < -0.39 is 0 Å². The van der Waals surface area contributed by atoms with E-state index in [9.17, 15) is 9.90 Å². The molecule has 1 amide bonds. The van der Waals surface area contributed by atoms with Crippen LogP contribution in [0.4, 0.5) is 5.69 Å². The van der Waals surface area contributed by atoms with Crippen molar-refractivity contribution in [2.45, 2.75) is 25.9 Å². The molecule has 0 spiro atoms. The quantitative estimate of drug-likeness (QED) is 0.653. The van der Waals surface area contributed by atoms with Gasteiger partial charge in [0.25, 0.3) is 5.91 Å². The summed E-state index contributed by atoms with van der Waals surface area (Å²) in [5.41, 5.74) is 6.32. The molecule has 0 aliphatic rings. The number of nitrogens with one attached hydrogen (secondary N) is 1. The predicted octanol–water partition coefficient (Wildman–Crippen LogP) is -0.107. The minimum atomic E-state index is -0.371. The van der Waals surface area contributed by atoms with E-state index in [-0.39, 0.29) is 12.0 Å². The molecular weight excluding hydrogens is 208 g/mol. The molecule has 1 atom stereocenters. The van der Waals surface area contributed by atoms with Gasteiger partial charge in [-0.3, -0.25) is 9.48 Å². The number of amides is 1. The lowest BCUT2D eigenvalue weighted by molar-refractivity contribution is 0.0933. The molecule has 0 radical (unpaired) electrons. The zero-order valence-electron chi connectivity index (χ0n) is 9.60. The number of aliphatic hydroxyl groups excluding tert-OH is 1. The number of hydrogen-bond donors (Lipinski definition) is 3. The van der Waals surface area contributed by atoms with Crippen molar-refractivity contribution >= 4 is 11.6 Å². The Morgan fingerprint density at radius 2 is 2.44 bits per heavy atom. The summed E-state index contributed by atoms with van der Waals surface area (Å²) in [6.07, 6.45) is 2.30. The van der Waals surface area contributed by atoms with Gasteiger partial charge < -0.3 is 16.2 Å². The molecular formula is C10H18N4O2. The van der Waals surface area contributed by atoms with Crippen molar-refractivity contribution in [2.75, 3.05) is 12.3 Å². The lowest BCUT2D eigenvalue weighted by atomic mass is 10.2. The summed E-state index contributed by atoms with van der Waals surface area (Å²) in [6, 6.07) is 0. The lowest BCUT2D eigenvalue weighted by Gasteiger charge is -2.09. The Morgan fingerprint density at radius 3 is 2.94 bits per heavy atom. The molecule has 1 rings (SSSR count). The molecule has 0 aromatic carbocycles. The van der Waals surface area contributed by atoms with Gasteiger partial charge in [0.2, 0.25) is 0 Å². The fourth-order valence-electron chi connectivity index (χ4n) is 1.37. The van der Waals surface area contributed by atoms with Crippen molar-refractivity contribution < 1.29 is 9.90 Å². The highest BCUT2D eigenvalue weighted by atomic mass is 16.3. The van der Waals surface area contributed by atoms with Crippen molar-refractivity contribution in [3.05, 3.63) is 11.9 Å². The summed E-state index contributed by atoms with van der Waals surface area (Å²) >= 11 is 0. The second kappa shape index (κ2) is 5.50. The van der Waals surface area contributed by atoms with Crippen molar-refractivity contribution in [3.8, 4) is 0 Å². The zero-order valence-corrected chi connectivity index (χ0v) is 9.60. The zero-order chi connectivity index (χ0) is 12.1. The topological polar surface area (TPSA) is 93.2 Å². The van der Waals surface area contributed by atoms with E-state index in [1.54, 1.807) is 7.05 Å². The molecule has 0 bridgehead atoms. The Morgan fingerprint density at radius 1 is 1.75 bits per heavy atom. The monoisotopic (exact) mass is 226 g/mol. The van der Waals surface area contributed by atoms with Crippen LogP contribution < -0.4 is 11.1 Å². The third-order valence-corrected chi connectivity index (χ3v) is 2.42. The first-order valence-electron chi connectivity index (χ1n) is 5.30. The molecule has 1 heterocycles. The number of hydrogen-bond acceptors (Lipinski definition) is 4. The Hall–Kier alpha value is -1.56. The highest BCUT2D eigenvalue weighted by molar-refractivity contribution is 5.97. The van der Waals surface area contributed by atoms with Crippen LogP contribution in [-0.2, 0) is 7.05 Å². The highest BCUT2D eigenvalue weighted by Crippen LogP contribution is 2.08. The first-order valence-corrected chi connectivity index (χ1v) is 5.30. The van der Waals surface area contributed by atoms with Gasteiger partial charge in [0.15, 0.2) is 0 Å². The van der Waals surface area contributed by atoms with E-state index in [4.69, 9.17) is 5.73 Å². The van der Waals surface area contributed by atoms with Gasteiger partial charge in [0.1, 0.15) is 5.69 Å². The predicted molar refractivity (Wildman–Crippen MR) is 60.9 cm³/mol. The Bertz CT molecular complexity index is 342. The number of nitrogen functional groups attached to an aromatic ring is 1. The molecule has 0 saturated carbocycles. The summed E-state index contributed by atoms with van der Waals surface area (Å²) in [5.74, 6) is -0.263. The molecule has 1 aromatic rings. The number of anilines is 1. The maximum atomic E-state index is 11.7. The molecule has 0 aliphatic carbocycles. The van der Waals surface area contributed by atoms with Gasteiger partial charge in [-0.25, -0.2) is 0 Å². The van der Waals surface area contributed by atoms with Crippen LogP contribution in [0.25, 0.3) is 0 Å². The molecule has 6 nitrogen and oxygen atoms in total. The van der Waals surface area contributed by atoms with E-state index in [1.807, 2.05) is 6.92 Å². The standard InChI is InChI=1S/C10H18N4O2/c1-3-7(15)4-5-12-10(16)9-8(11)6-13-14(9)2/h6-7,15H,3-5,11H2,1-2H3,(H,12,16). The normalized spacial score (nSPS) is 12.4. The van der Waals surface area contributed by atoms with Gasteiger partial charge in [0, 0.05) is 13.6 Å². The minimum Gasteiger partial charge on any atom is -0.396 e. The summed E-state index contributed by atoms with van der Waals surface area (Å²) in [6.45, 7) is 2.32. The van der Waals surface area contributed by atoms with Crippen molar-refractivity contribution in [1.82, 2.24) is 15.1 Å². The number of nitrogens with zero attached hydrogens (tertiary/aromatic N) is 2. The summed E-state index contributed by atoms with van der Waals surface area (Å²) in [5, 5.41) is 15.9. The average molecular weight is 226 g/mol. The molecule has 6 heteroatoms. The maximum Gasteiger partial charge on any atom is 0.271 e. The number of aryl methyl sites for hydroxylation is 1. The summed E-state index contributed by atoms with van der Waals surface area (Å²) in [7, 11) is 1.66. The van der Waals surface area contributed by atoms with Gasteiger partial charge >= 0.3 is 0 Å². The second-order valence-corrected chi connectivity index (χ2v) is 3.68. The number of aliphatic hydroxyl groups is 1. The fourth-order valence-corrected chi connectivity index (χ4v) is 1.37. The lowest BCUT2D eigenvalue weighted by Crippen LogP contribution is -2.29. The van der Waals surface area contributed by atoms with Gasteiger partial charge in [0.05, 0.1) is 18.0 Å². The Balaban J connectivity index is 2.47. The molecule has 4 N–H and O–H groups in total. The van der Waals surface area contributed by atoms with Gasteiger partial charge in [-0.15, -0.1) is 0 Å². The van der Waals surface area contributed by atoms with E-state index in [1.165, 1.54) is 10.9 Å². The third-order valence-electron chi connectivity index (χ3n) is 2.42. The summed E-state index contributed by atoms with van der Waals surface area (Å²) < 4.78 is 1.43.